The first-order chi connectivity index (χ1) is 13.5. The lowest BCUT2D eigenvalue weighted by Gasteiger charge is -2.39. The van der Waals surface area contributed by atoms with E-state index < -0.39 is 0 Å². The molecule has 0 bridgehead atoms. The van der Waals surface area contributed by atoms with Gasteiger partial charge in [0.2, 0.25) is 0 Å². The van der Waals surface area contributed by atoms with Crippen LogP contribution < -0.4 is 0 Å². The Bertz CT molecular complexity index is 1090. The second-order valence-electron chi connectivity index (χ2n) is 7.18. The number of nitrogens with one attached hydrogen (secondary N) is 1. The van der Waals surface area contributed by atoms with E-state index in [1.807, 2.05) is 61.2 Å². The number of hydrogen-bond acceptors (Lipinski definition) is 3. The van der Waals surface area contributed by atoms with Gasteiger partial charge in [0.15, 0.2) is 5.15 Å². The van der Waals surface area contributed by atoms with Gasteiger partial charge in [0.1, 0.15) is 0 Å². The summed E-state index contributed by atoms with van der Waals surface area (Å²) in [6.45, 7) is 5.28. The Morgan fingerprint density at radius 1 is 1.21 bits per heavy atom. The van der Waals surface area contributed by atoms with Crippen molar-refractivity contribution in [1.29, 1.82) is 5.26 Å². The molecule has 5 nitrogen and oxygen atoms in total. The molecule has 0 spiro atoms. The Balaban J connectivity index is 1.51. The molecule has 140 valence electrons. The summed E-state index contributed by atoms with van der Waals surface area (Å²) in [4.78, 5) is 14.8. The summed E-state index contributed by atoms with van der Waals surface area (Å²) >= 11 is 6.07. The van der Waals surface area contributed by atoms with E-state index in [9.17, 15) is 4.79 Å². The van der Waals surface area contributed by atoms with Crippen molar-refractivity contribution >= 4 is 17.5 Å². The molecule has 1 aliphatic heterocycles. The summed E-state index contributed by atoms with van der Waals surface area (Å²) in [6, 6.07) is 15.4. The number of aromatic amines is 1. The fraction of sp³-hybridized carbons (Fsp3) is 0.227. The van der Waals surface area contributed by atoms with Crippen LogP contribution in [-0.4, -0.2) is 34.1 Å². The van der Waals surface area contributed by atoms with E-state index in [1.165, 1.54) is 0 Å². The van der Waals surface area contributed by atoms with Gasteiger partial charge in [-0.1, -0.05) is 29.8 Å². The van der Waals surface area contributed by atoms with Crippen LogP contribution in [-0.2, 0) is 0 Å². The number of likely N-dealkylation sites (tertiary alicyclic amines) is 1. The van der Waals surface area contributed by atoms with Gasteiger partial charge in [0.25, 0.3) is 5.91 Å². The summed E-state index contributed by atoms with van der Waals surface area (Å²) in [7, 11) is 0. The Morgan fingerprint density at radius 3 is 2.54 bits per heavy atom. The van der Waals surface area contributed by atoms with Crippen LogP contribution in [0.25, 0.3) is 11.3 Å². The highest BCUT2D eigenvalue weighted by Crippen LogP contribution is 2.32. The molecule has 2 heterocycles. The molecule has 0 saturated carbocycles. The summed E-state index contributed by atoms with van der Waals surface area (Å²) in [5.41, 5.74) is 6.18. The summed E-state index contributed by atoms with van der Waals surface area (Å²) < 4.78 is 0. The van der Waals surface area contributed by atoms with Crippen molar-refractivity contribution in [2.45, 2.75) is 19.8 Å². The number of aryl methyl sites for hydroxylation is 1. The van der Waals surface area contributed by atoms with Crippen LogP contribution in [0.1, 0.15) is 38.5 Å². The number of aromatic nitrogens is 2. The fourth-order valence-electron chi connectivity index (χ4n) is 3.53. The molecular formula is C22H19ClN4O. The Hall–Kier alpha value is -3.10. The van der Waals surface area contributed by atoms with Gasteiger partial charge in [-0.3, -0.25) is 9.89 Å². The molecule has 1 fully saturated rings. The van der Waals surface area contributed by atoms with Gasteiger partial charge in [-0.15, -0.1) is 0 Å². The zero-order chi connectivity index (χ0) is 19.8. The third kappa shape index (κ3) is 3.17. The predicted molar refractivity (Wildman–Crippen MR) is 108 cm³/mol. The minimum absolute atomic E-state index is 0.0226. The molecule has 0 atom stereocenters. The maximum atomic E-state index is 12.9. The molecule has 0 radical (unpaired) electrons. The van der Waals surface area contributed by atoms with Crippen LogP contribution in [0.3, 0.4) is 0 Å². The lowest BCUT2D eigenvalue weighted by Crippen LogP contribution is -2.48. The Morgan fingerprint density at radius 2 is 1.93 bits per heavy atom. The van der Waals surface area contributed by atoms with Crippen molar-refractivity contribution in [3.05, 3.63) is 75.4 Å². The SMILES string of the molecule is Cc1ccc(C(=O)N2CC(c3ccc(C#N)cc3)C2)cc1-c1[nH]nc(Cl)c1C. The maximum absolute atomic E-state index is 12.9. The average Bonchev–Trinajstić information content (AvgIpc) is 3.00. The van der Waals surface area contributed by atoms with Gasteiger partial charge in [0.05, 0.1) is 17.3 Å². The second-order valence-corrected chi connectivity index (χ2v) is 7.54. The van der Waals surface area contributed by atoms with E-state index in [1.54, 1.807) is 0 Å². The number of amides is 1. The van der Waals surface area contributed by atoms with Crippen LogP contribution in [0.5, 0.6) is 0 Å². The number of hydrogen-bond donors (Lipinski definition) is 1. The van der Waals surface area contributed by atoms with Crippen molar-refractivity contribution in [3.63, 3.8) is 0 Å². The standard InChI is InChI=1S/C22H19ClN4O/c1-13-3-6-17(9-19(13)20-14(2)21(23)26-25-20)22(28)27-11-18(12-27)16-7-4-15(10-24)5-8-16/h3-9,18H,11-12H2,1-2H3,(H,25,26). The summed E-state index contributed by atoms with van der Waals surface area (Å²) in [5, 5.41) is 16.4. The lowest BCUT2D eigenvalue weighted by atomic mass is 9.90. The topological polar surface area (TPSA) is 72.8 Å². The monoisotopic (exact) mass is 390 g/mol. The number of carbonyl (C=O) groups excluding carboxylic acids is 1. The number of nitrogens with zero attached hydrogens (tertiary/aromatic N) is 3. The molecule has 6 heteroatoms. The Labute approximate surface area is 168 Å². The quantitative estimate of drug-likeness (QED) is 0.717. The molecule has 0 unspecified atom stereocenters. The van der Waals surface area contributed by atoms with E-state index in [4.69, 9.17) is 16.9 Å². The maximum Gasteiger partial charge on any atom is 0.253 e. The molecule has 1 aliphatic rings. The number of nitriles is 1. The number of carbonyl (C=O) groups is 1. The number of benzene rings is 2. The highest BCUT2D eigenvalue weighted by molar-refractivity contribution is 6.30. The van der Waals surface area contributed by atoms with Crippen molar-refractivity contribution in [2.75, 3.05) is 13.1 Å². The van der Waals surface area contributed by atoms with Gasteiger partial charge in [-0.25, -0.2) is 0 Å². The molecule has 3 aromatic rings. The van der Waals surface area contributed by atoms with Gasteiger partial charge >= 0.3 is 0 Å². The minimum Gasteiger partial charge on any atom is -0.337 e. The molecule has 1 aromatic heterocycles. The lowest BCUT2D eigenvalue weighted by molar-refractivity contribution is 0.0602. The van der Waals surface area contributed by atoms with E-state index in [-0.39, 0.29) is 5.91 Å². The highest BCUT2D eigenvalue weighted by Gasteiger charge is 2.32. The zero-order valence-electron chi connectivity index (χ0n) is 15.7. The van der Waals surface area contributed by atoms with Crippen LogP contribution >= 0.6 is 11.6 Å². The molecule has 2 aromatic carbocycles. The van der Waals surface area contributed by atoms with Gasteiger partial charge < -0.3 is 4.90 Å². The van der Waals surface area contributed by atoms with Gasteiger partial charge in [-0.05, 0) is 49.2 Å². The Kier molecular flexibility index (Phi) is 4.66. The first-order valence-corrected chi connectivity index (χ1v) is 9.46. The number of H-pyrrole nitrogens is 1. The third-order valence-corrected chi connectivity index (χ3v) is 5.75. The van der Waals surface area contributed by atoms with Crippen molar-refractivity contribution in [1.82, 2.24) is 15.1 Å². The highest BCUT2D eigenvalue weighted by atomic mass is 35.5. The zero-order valence-corrected chi connectivity index (χ0v) is 16.4. The average molecular weight is 391 g/mol. The van der Waals surface area contributed by atoms with E-state index in [2.05, 4.69) is 16.3 Å². The molecular weight excluding hydrogens is 372 g/mol. The first-order valence-electron chi connectivity index (χ1n) is 9.08. The largest absolute Gasteiger partial charge is 0.337 e. The molecule has 1 N–H and O–H groups in total. The van der Waals surface area contributed by atoms with Crippen LogP contribution in [0.4, 0.5) is 0 Å². The summed E-state index contributed by atoms with van der Waals surface area (Å²) in [5.74, 6) is 0.338. The molecule has 28 heavy (non-hydrogen) atoms. The first kappa shape index (κ1) is 18.3. The normalized spacial score (nSPS) is 13.9. The van der Waals surface area contributed by atoms with E-state index in [0.717, 1.165) is 27.9 Å². The second kappa shape index (κ2) is 7.14. The van der Waals surface area contributed by atoms with E-state index >= 15 is 0 Å². The molecule has 1 saturated heterocycles. The van der Waals surface area contributed by atoms with Gasteiger partial charge in [-0.2, -0.15) is 10.4 Å². The van der Waals surface area contributed by atoms with Crippen molar-refractivity contribution < 1.29 is 4.79 Å². The predicted octanol–water partition coefficient (Wildman–Crippen LogP) is 4.46. The molecule has 4 rings (SSSR count). The number of halogens is 1. The third-order valence-electron chi connectivity index (χ3n) is 5.38. The smallest absolute Gasteiger partial charge is 0.253 e. The van der Waals surface area contributed by atoms with Crippen LogP contribution in [0, 0.1) is 25.2 Å². The van der Waals surface area contributed by atoms with Gasteiger partial charge in [0, 0.05) is 35.7 Å². The number of rotatable bonds is 3. The minimum atomic E-state index is 0.0226. The van der Waals surface area contributed by atoms with Crippen molar-refractivity contribution in [3.8, 4) is 17.3 Å². The molecule has 0 aliphatic carbocycles. The van der Waals surface area contributed by atoms with Crippen LogP contribution in [0.2, 0.25) is 5.15 Å². The van der Waals surface area contributed by atoms with Crippen LogP contribution in [0.15, 0.2) is 42.5 Å². The fourth-order valence-corrected chi connectivity index (χ4v) is 3.67. The molecule has 1 amide bonds. The summed E-state index contributed by atoms with van der Waals surface area (Å²) in [6.07, 6.45) is 0. The van der Waals surface area contributed by atoms with Crippen molar-refractivity contribution in [2.24, 2.45) is 0 Å². The van der Waals surface area contributed by atoms with E-state index in [0.29, 0.717) is 35.3 Å².